The average Bonchev–Trinajstić information content (AvgIpc) is 2.70. The van der Waals surface area contributed by atoms with E-state index in [-0.39, 0.29) is 12.7 Å². The maximum absolute atomic E-state index is 11.5. The van der Waals surface area contributed by atoms with Gasteiger partial charge in [-0.2, -0.15) is 0 Å². The van der Waals surface area contributed by atoms with Gasteiger partial charge in [0, 0.05) is 26.3 Å². The molecule has 0 saturated heterocycles. The van der Waals surface area contributed by atoms with Crippen LogP contribution in [0.5, 0.6) is 11.5 Å². The first-order valence-corrected chi connectivity index (χ1v) is 11.6. The van der Waals surface area contributed by atoms with E-state index in [0.717, 1.165) is 31.9 Å². The molecule has 0 fully saturated rings. The lowest BCUT2D eigenvalue weighted by Gasteiger charge is -2.26. The molecule has 2 aromatic carbocycles. The molecule has 0 aliphatic carbocycles. The van der Waals surface area contributed by atoms with E-state index in [1.165, 1.54) is 0 Å². The van der Waals surface area contributed by atoms with Crippen molar-refractivity contribution >= 4 is 26.7 Å². The molecule has 0 bridgehead atoms. The number of rotatable bonds is 10. The quantitative estimate of drug-likeness (QED) is 0.402. The Bertz CT molecular complexity index is 872. The van der Waals surface area contributed by atoms with Crippen LogP contribution in [0.25, 0.3) is 11.1 Å². The summed E-state index contributed by atoms with van der Waals surface area (Å²) in [6, 6.07) is 15.3. The molecule has 0 aliphatic heterocycles. The van der Waals surface area contributed by atoms with E-state index >= 15 is 0 Å². The molecule has 0 amide bonds. The number of ether oxygens (including phenoxy) is 2. The minimum atomic E-state index is -3.88. The normalized spacial score (nSPS) is 10.7. The van der Waals surface area contributed by atoms with Gasteiger partial charge in [-0.1, -0.05) is 42.5 Å². The van der Waals surface area contributed by atoms with E-state index in [2.05, 4.69) is 0 Å². The standard InChI is InChI=1S/C22H26O8Si/c1-16(23)28-31(29-17(2)24,30-18(3)25)15-9-14-27-22-20(12-8-13-21(22)26-4)19-10-6-5-7-11-19/h5-8,10-13H,9,14-15H2,1-4H3. The van der Waals surface area contributed by atoms with Gasteiger partial charge in [-0.15, -0.1) is 0 Å². The van der Waals surface area contributed by atoms with Crippen LogP contribution >= 0.6 is 0 Å². The number of hydrogen-bond acceptors (Lipinski definition) is 8. The van der Waals surface area contributed by atoms with Crippen molar-refractivity contribution in [1.29, 1.82) is 0 Å². The highest BCUT2D eigenvalue weighted by Crippen LogP contribution is 2.38. The number of benzene rings is 2. The summed E-state index contributed by atoms with van der Waals surface area (Å²) in [6.45, 7) is 3.66. The van der Waals surface area contributed by atoms with Gasteiger partial charge in [0.25, 0.3) is 17.9 Å². The number of carbonyl (C=O) groups excluding carboxylic acids is 3. The van der Waals surface area contributed by atoms with Crippen molar-refractivity contribution in [2.24, 2.45) is 0 Å². The van der Waals surface area contributed by atoms with E-state index in [0.29, 0.717) is 17.9 Å². The van der Waals surface area contributed by atoms with Crippen LogP contribution in [0, 0.1) is 0 Å². The van der Waals surface area contributed by atoms with Crippen LogP contribution in [0.2, 0.25) is 6.04 Å². The Balaban J connectivity index is 2.18. The Labute approximate surface area is 182 Å². The monoisotopic (exact) mass is 446 g/mol. The molecular weight excluding hydrogens is 420 g/mol. The van der Waals surface area contributed by atoms with Gasteiger partial charge >= 0.3 is 8.80 Å². The minimum absolute atomic E-state index is 0.0293. The van der Waals surface area contributed by atoms with Crippen LogP contribution < -0.4 is 9.47 Å². The molecule has 0 saturated carbocycles. The zero-order valence-corrected chi connectivity index (χ0v) is 19.0. The zero-order chi connectivity index (χ0) is 22.9. The Morgan fingerprint density at radius 2 is 1.39 bits per heavy atom. The first-order valence-electron chi connectivity index (χ1n) is 9.70. The summed E-state index contributed by atoms with van der Waals surface area (Å²) in [6.07, 6.45) is 0.298. The molecule has 0 unspecified atom stereocenters. The highest BCUT2D eigenvalue weighted by molar-refractivity contribution is 6.65. The largest absolute Gasteiger partial charge is 0.705 e. The van der Waals surface area contributed by atoms with Crippen molar-refractivity contribution in [2.45, 2.75) is 33.2 Å². The van der Waals surface area contributed by atoms with Gasteiger partial charge in [-0.3, -0.25) is 14.4 Å². The van der Waals surface area contributed by atoms with Gasteiger partial charge in [0.15, 0.2) is 11.5 Å². The molecule has 9 heteroatoms. The minimum Gasteiger partial charge on any atom is -0.493 e. The van der Waals surface area contributed by atoms with E-state index in [1.54, 1.807) is 13.2 Å². The third kappa shape index (κ3) is 7.14. The summed E-state index contributed by atoms with van der Waals surface area (Å²) in [5, 5.41) is 0. The van der Waals surface area contributed by atoms with Crippen LogP contribution in [0.3, 0.4) is 0 Å². The summed E-state index contributed by atoms with van der Waals surface area (Å²) < 4.78 is 27.0. The molecule has 0 N–H and O–H groups in total. The number of carbonyl (C=O) groups is 3. The molecule has 0 spiro atoms. The van der Waals surface area contributed by atoms with Crippen molar-refractivity contribution in [3.8, 4) is 22.6 Å². The fourth-order valence-electron chi connectivity index (χ4n) is 3.01. The molecule has 2 rings (SSSR count). The maximum Gasteiger partial charge on any atom is 0.705 e. The third-order valence-corrected chi connectivity index (χ3v) is 6.82. The molecule has 0 atom stereocenters. The number of hydrogen-bond donors (Lipinski definition) is 0. The van der Waals surface area contributed by atoms with E-state index in [4.69, 9.17) is 22.8 Å². The molecule has 2 aromatic rings. The lowest BCUT2D eigenvalue weighted by atomic mass is 10.0. The van der Waals surface area contributed by atoms with Crippen molar-refractivity contribution in [3.63, 3.8) is 0 Å². The first kappa shape index (κ1) is 23.9. The molecule has 31 heavy (non-hydrogen) atoms. The SMILES string of the molecule is COc1cccc(-c2ccccc2)c1OCCC[Si](OC(C)=O)(OC(C)=O)OC(C)=O. The van der Waals surface area contributed by atoms with Gasteiger partial charge in [-0.05, 0) is 18.1 Å². The average molecular weight is 447 g/mol. The van der Waals surface area contributed by atoms with Crippen molar-refractivity contribution in [1.82, 2.24) is 0 Å². The topological polar surface area (TPSA) is 97.4 Å². The fraction of sp³-hybridized carbons (Fsp3) is 0.318. The van der Waals surface area contributed by atoms with Gasteiger partial charge in [0.2, 0.25) is 0 Å². The third-order valence-electron chi connectivity index (χ3n) is 4.06. The van der Waals surface area contributed by atoms with Gasteiger partial charge in [0.05, 0.1) is 19.8 Å². The lowest BCUT2D eigenvalue weighted by Crippen LogP contribution is -2.49. The van der Waals surface area contributed by atoms with E-state index in [1.807, 2.05) is 42.5 Å². The Hall–Kier alpha value is -3.33. The summed E-state index contributed by atoms with van der Waals surface area (Å²) in [4.78, 5) is 34.6. The molecule has 0 heterocycles. The second kappa shape index (κ2) is 11.2. The smallest absolute Gasteiger partial charge is 0.493 e. The highest BCUT2D eigenvalue weighted by atomic mass is 28.4. The van der Waals surface area contributed by atoms with Gasteiger partial charge in [0.1, 0.15) is 0 Å². The predicted octanol–water partition coefficient (Wildman–Crippen LogP) is 3.76. The van der Waals surface area contributed by atoms with Gasteiger partial charge < -0.3 is 22.8 Å². The Morgan fingerprint density at radius 3 is 1.90 bits per heavy atom. The van der Waals surface area contributed by atoms with Crippen molar-refractivity contribution < 1.29 is 37.1 Å². The Kier molecular flexibility index (Phi) is 8.62. The van der Waals surface area contributed by atoms with Crippen LogP contribution in [-0.4, -0.2) is 40.4 Å². The van der Waals surface area contributed by atoms with Crippen molar-refractivity contribution in [3.05, 3.63) is 48.5 Å². The second-order valence-corrected chi connectivity index (χ2v) is 9.10. The number of para-hydroxylation sites is 1. The molecule has 166 valence electrons. The molecule has 0 radical (unpaired) electrons. The lowest BCUT2D eigenvalue weighted by molar-refractivity contribution is -0.147. The van der Waals surface area contributed by atoms with Crippen LogP contribution in [0.4, 0.5) is 0 Å². The summed E-state index contributed by atoms with van der Waals surface area (Å²) in [5.41, 5.74) is 1.81. The number of methoxy groups -OCH3 is 1. The summed E-state index contributed by atoms with van der Waals surface area (Å²) in [5.74, 6) is -0.996. The van der Waals surface area contributed by atoms with Crippen molar-refractivity contribution in [2.75, 3.05) is 13.7 Å². The van der Waals surface area contributed by atoms with Crippen LogP contribution in [-0.2, 0) is 27.7 Å². The molecule has 8 nitrogen and oxygen atoms in total. The zero-order valence-electron chi connectivity index (χ0n) is 18.0. The van der Waals surface area contributed by atoms with Crippen LogP contribution in [0.1, 0.15) is 27.2 Å². The highest BCUT2D eigenvalue weighted by Gasteiger charge is 2.51. The van der Waals surface area contributed by atoms with E-state index in [9.17, 15) is 14.4 Å². The Morgan fingerprint density at radius 1 is 0.806 bits per heavy atom. The van der Waals surface area contributed by atoms with E-state index < -0.39 is 26.7 Å². The molecular formula is C22H26O8Si. The summed E-state index contributed by atoms with van der Waals surface area (Å²) in [7, 11) is -2.33. The molecule has 0 aliphatic rings. The fourth-order valence-corrected chi connectivity index (χ4v) is 5.33. The van der Waals surface area contributed by atoms with Gasteiger partial charge in [-0.25, -0.2) is 0 Å². The second-order valence-electron chi connectivity index (χ2n) is 6.62. The molecule has 0 aromatic heterocycles. The maximum atomic E-state index is 11.5. The van der Waals surface area contributed by atoms with Crippen LogP contribution in [0.15, 0.2) is 48.5 Å². The summed E-state index contributed by atoms with van der Waals surface area (Å²) >= 11 is 0. The first-order chi connectivity index (χ1) is 14.8. The predicted molar refractivity (Wildman–Crippen MR) is 114 cm³/mol.